The Labute approximate surface area is 150 Å². The number of thioether (sulfide) groups is 1. The van der Waals surface area contributed by atoms with Gasteiger partial charge in [-0.25, -0.2) is 4.39 Å². The summed E-state index contributed by atoms with van der Waals surface area (Å²) in [5.41, 5.74) is 2.58. The number of carbonyl (C=O) groups excluding carboxylic acids is 2. The molecule has 2 rings (SSSR count). The monoisotopic (exact) mass is 361 g/mol. The van der Waals surface area contributed by atoms with Crippen LogP contribution < -0.4 is 5.32 Å². The van der Waals surface area contributed by atoms with Gasteiger partial charge >= 0.3 is 5.97 Å². The van der Waals surface area contributed by atoms with E-state index in [1.165, 1.54) is 13.0 Å². The molecule has 6 heteroatoms. The van der Waals surface area contributed by atoms with Crippen LogP contribution in [0.4, 0.5) is 10.1 Å². The number of esters is 1. The number of benzene rings is 2. The molecule has 0 heterocycles. The van der Waals surface area contributed by atoms with Gasteiger partial charge < -0.3 is 10.1 Å². The maximum absolute atomic E-state index is 13.5. The highest BCUT2D eigenvalue weighted by atomic mass is 32.2. The van der Waals surface area contributed by atoms with Gasteiger partial charge in [0, 0.05) is 10.6 Å². The molecule has 132 valence electrons. The Morgan fingerprint density at radius 1 is 1.12 bits per heavy atom. The number of hydrogen-bond donors (Lipinski definition) is 1. The van der Waals surface area contributed by atoms with Gasteiger partial charge in [-0.3, -0.25) is 9.59 Å². The lowest BCUT2D eigenvalue weighted by molar-refractivity contribution is -0.150. The van der Waals surface area contributed by atoms with Crippen LogP contribution in [-0.4, -0.2) is 23.7 Å². The molecule has 25 heavy (non-hydrogen) atoms. The molecule has 0 spiro atoms. The van der Waals surface area contributed by atoms with Crippen molar-refractivity contribution >= 4 is 29.3 Å². The zero-order chi connectivity index (χ0) is 18.4. The van der Waals surface area contributed by atoms with Crippen molar-refractivity contribution in [3.05, 3.63) is 59.4 Å². The van der Waals surface area contributed by atoms with Crippen molar-refractivity contribution < 1.29 is 18.7 Å². The van der Waals surface area contributed by atoms with Crippen LogP contribution in [-0.2, 0) is 14.3 Å². The van der Waals surface area contributed by atoms with Crippen LogP contribution in [0.25, 0.3) is 0 Å². The van der Waals surface area contributed by atoms with Gasteiger partial charge in [-0.15, -0.1) is 11.8 Å². The van der Waals surface area contributed by atoms with Crippen molar-refractivity contribution in [2.75, 3.05) is 11.1 Å². The molecule has 0 fully saturated rings. The summed E-state index contributed by atoms with van der Waals surface area (Å²) in [6.07, 6.45) is -0.937. The number of nitrogens with one attached hydrogen (secondary N) is 1. The van der Waals surface area contributed by atoms with E-state index in [4.69, 9.17) is 4.74 Å². The van der Waals surface area contributed by atoms with Crippen molar-refractivity contribution in [1.29, 1.82) is 0 Å². The van der Waals surface area contributed by atoms with Gasteiger partial charge in [0.15, 0.2) is 6.10 Å². The molecule has 0 unspecified atom stereocenters. The van der Waals surface area contributed by atoms with E-state index in [-0.39, 0.29) is 11.6 Å². The third-order valence-corrected chi connectivity index (χ3v) is 4.61. The van der Waals surface area contributed by atoms with Crippen molar-refractivity contribution in [3.8, 4) is 0 Å². The molecule has 0 saturated carbocycles. The van der Waals surface area contributed by atoms with Gasteiger partial charge in [0.05, 0.1) is 5.75 Å². The minimum atomic E-state index is -0.937. The number of halogens is 1. The summed E-state index contributed by atoms with van der Waals surface area (Å²) in [5, 5.41) is 2.78. The van der Waals surface area contributed by atoms with Gasteiger partial charge in [-0.1, -0.05) is 30.3 Å². The van der Waals surface area contributed by atoms with Crippen LogP contribution >= 0.6 is 11.8 Å². The number of rotatable bonds is 6. The fourth-order valence-electron chi connectivity index (χ4n) is 2.22. The minimum Gasteiger partial charge on any atom is -0.452 e. The van der Waals surface area contributed by atoms with Crippen molar-refractivity contribution in [1.82, 2.24) is 0 Å². The zero-order valence-corrected chi connectivity index (χ0v) is 15.2. The number of aryl methyl sites for hydroxylation is 2. The third kappa shape index (κ3) is 5.32. The van der Waals surface area contributed by atoms with Crippen molar-refractivity contribution in [2.24, 2.45) is 0 Å². The van der Waals surface area contributed by atoms with E-state index in [0.717, 1.165) is 28.6 Å². The lowest BCUT2D eigenvalue weighted by atomic mass is 10.1. The summed E-state index contributed by atoms with van der Waals surface area (Å²) in [4.78, 5) is 24.5. The Bertz CT molecular complexity index is 759. The summed E-state index contributed by atoms with van der Waals surface area (Å²) in [6, 6.07) is 11.9. The van der Waals surface area contributed by atoms with Gasteiger partial charge in [0.1, 0.15) is 5.82 Å². The van der Waals surface area contributed by atoms with E-state index in [0.29, 0.717) is 4.90 Å². The predicted molar refractivity (Wildman–Crippen MR) is 97.2 cm³/mol. The van der Waals surface area contributed by atoms with E-state index in [2.05, 4.69) is 5.32 Å². The number of para-hydroxylation sites is 1. The first-order valence-electron chi connectivity index (χ1n) is 7.82. The van der Waals surface area contributed by atoms with E-state index in [9.17, 15) is 14.0 Å². The molecule has 0 aliphatic carbocycles. The first kappa shape index (κ1) is 19.0. The van der Waals surface area contributed by atoms with Crippen LogP contribution in [0.5, 0.6) is 0 Å². The summed E-state index contributed by atoms with van der Waals surface area (Å²) in [5.74, 6) is -1.43. The van der Waals surface area contributed by atoms with Crippen molar-refractivity contribution in [2.45, 2.75) is 31.8 Å². The number of amides is 1. The normalized spacial score (nSPS) is 11.7. The molecule has 1 N–H and O–H groups in total. The molecule has 4 nitrogen and oxygen atoms in total. The summed E-state index contributed by atoms with van der Waals surface area (Å²) in [6.45, 7) is 5.29. The van der Waals surface area contributed by atoms with Crippen LogP contribution in [0, 0.1) is 19.7 Å². The first-order valence-corrected chi connectivity index (χ1v) is 8.81. The zero-order valence-electron chi connectivity index (χ0n) is 14.3. The Morgan fingerprint density at radius 2 is 1.76 bits per heavy atom. The lowest BCUT2D eigenvalue weighted by Crippen LogP contribution is -2.31. The lowest BCUT2D eigenvalue weighted by Gasteiger charge is -2.16. The third-order valence-electron chi connectivity index (χ3n) is 3.59. The average molecular weight is 361 g/mol. The molecule has 0 radical (unpaired) electrons. The van der Waals surface area contributed by atoms with E-state index in [1.807, 2.05) is 32.0 Å². The van der Waals surface area contributed by atoms with Gasteiger partial charge in [-0.2, -0.15) is 0 Å². The maximum Gasteiger partial charge on any atom is 0.317 e. The van der Waals surface area contributed by atoms with Crippen molar-refractivity contribution in [3.63, 3.8) is 0 Å². The first-order chi connectivity index (χ1) is 11.9. The molecule has 0 saturated heterocycles. The topological polar surface area (TPSA) is 55.4 Å². The summed E-state index contributed by atoms with van der Waals surface area (Å²) in [7, 11) is 0. The SMILES string of the molecule is Cc1cccc(C)c1NC(=O)[C@@H](C)OC(=O)CSc1ccccc1F. The summed E-state index contributed by atoms with van der Waals surface area (Å²) < 4.78 is 18.6. The van der Waals surface area contributed by atoms with Gasteiger partial charge in [-0.05, 0) is 44.0 Å². The highest BCUT2D eigenvalue weighted by Gasteiger charge is 2.19. The standard InChI is InChI=1S/C19H20FNO3S/c1-12-7-6-8-13(2)18(12)21-19(23)14(3)24-17(22)11-25-16-10-5-4-9-15(16)20/h4-10,14H,11H2,1-3H3,(H,21,23)/t14-/m1/s1. The molecule has 1 amide bonds. The largest absolute Gasteiger partial charge is 0.452 e. The molecule has 0 aliphatic heterocycles. The highest BCUT2D eigenvalue weighted by Crippen LogP contribution is 2.22. The fourth-order valence-corrected chi connectivity index (χ4v) is 2.94. The highest BCUT2D eigenvalue weighted by molar-refractivity contribution is 8.00. The molecule has 0 aliphatic rings. The molecule has 2 aromatic rings. The quantitative estimate of drug-likeness (QED) is 0.622. The Morgan fingerprint density at radius 3 is 2.40 bits per heavy atom. The number of anilines is 1. The summed E-state index contributed by atoms with van der Waals surface area (Å²) >= 11 is 1.04. The second-order valence-corrected chi connectivity index (χ2v) is 6.62. The van der Waals surface area contributed by atoms with Crippen LogP contribution in [0.3, 0.4) is 0 Å². The Hall–Kier alpha value is -2.34. The van der Waals surface area contributed by atoms with Crippen LogP contribution in [0.2, 0.25) is 0 Å². The molecule has 0 bridgehead atoms. The number of carbonyl (C=O) groups is 2. The van der Waals surface area contributed by atoms with Gasteiger partial charge in [0.2, 0.25) is 0 Å². The smallest absolute Gasteiger partial charge is 0.317 e. The van der Waals surface area contributed by atoms with Crippen LogP contribution in [0.15, 0.2) is 47.4 Å². The van der Waals surface area contributed by atoms with Crippen LogP contribution in [0.1, 0.15) is 18.1 Å². The Kier molecular flexibility index (Phi) is 6.58. The van der Waals surface area contributed by atoms with E-state index >= 15 is 0 Å². The fraction of sp³-hybridized carbons (Fsp3) is 0.263. The van der Waals surface area contributed by atoms with E-state index in [1.54, 1.807) is 18.2 Å². The molecular formula is C19H20FNO3S. The maximum atomic E-state index is 13.5. The van der Waals surface area contributed by atoms with Gasteiger partial charge in [0.25, 0.3) is 5.91 Å². The molecule has 0 aromatic heterocycles. The predicted octanol–water partition coefficient (Wildman–Crippen LogP) is 4.11. The number of hydrogen-bond acceptors (Lipinski definition) is 4. The van der Waals surface area contributed by atoms with E-state index < -0.39 is 18.0 Å². The minimum absolute atomic E-state index is 0.0675. The molecular weight excluding hydrogens is 341 g/mol. The second kappa shape index (κ2) is 8.67. The molecule has 1 atom stereocenters. The second-order valence-electron chi connectivity index (χ2n) is 5.61. The Balaban J connectivity index is 1.88. The average Bonchev–Trinajstić information content (AvgIpc) is 2.57. The molecule has 2 aromatic carbocycles. The number of ether oxygens (including phenoxy) is 1.